The van der Waals surface area contributed by atoms with Gasteiger partial charge in [0.05, 0.1) is 11.3 Å². The summed E-state index contributed by atoms with van der Waals surface area (Å²) >= 11 is 0. The number of aromatic nitrogens is 6. The summed E-state index contributed by atoms with van der Waals surface area (Å²) < 4.78 is 2.07. The van der Waals surface area contributed by atoms with Gasteiger partial charge in [-0.05, 0) is 61.9 Å². The lowest BCUT2D eigenvalue weighted by Crippen LogP contribution is -2.56. The van der Waals surface area contributed by atoms with Crippen LogP contribution in [0, 0.1) is 11.3 Å². The molecule has 1 saturated heterocycles. The number of imidazole rings is 1. The van der Waals surface area contributed by atoms with Gasteiger partial charge in [0.1, 0.15) is 23.2 Å². The van der Waals surface area contributed by atoms with Crippen molar-refractivity contribution in [3.63, 3.8) is 0 Å². The summed E-state index contributed by atoms with van der Waals surface area (Å²) in [6.07, 6.45) is 3.34. The van der Waals surface area contributed by atoms with Gasteiger partial charge in [0.15, 0.2) is 11.5 Å². The first-order valence-electron chi connectivity index (χ1n) is 15.0. The number of rotatable bonds is 6. The van der Waals surface area contributed by atoms with Crippen LogP contribution in [0.3, 0.4) is 0 Å². The molecular formula is C35H32N10. The molecule has 10 heteroatoms. The molecule has 2 aromatic carbocycles. The van der Waals surface area contributed by atoms with Crippen LogP contribution in [0.1, 0.15) is 25.2 Å². The average molecular weight is 593 g/mol. The third kappa shape index (κ3) is 5.46. The smallest absolute Gasteiger partial charge is 0.234 e. The molecule has 0 amide bonds. The number of benzene rings is 2. The molecular weight excluding hydrogens is 560 g/mol. The van der Waals surface area contributed by atoms with Gasteiger partial charge in [0.2, 0.25) is 5.82 Å². The number of anilines is 2. The zero-order valence-corrected chi connectivity index (χ0v) is 25.1. The average Bonchev–Trinajstić information content (AvgIpc) is 3.44. The predicted molar refractivity (Wildman–Crippen MR) is 175 cm³/mol. The molecule has 0 spiro atoms. The van der Waals surface area contributed by atoms with Crippen molar-refractivity contribution >= 4 is 22.8 Å². The molecule has 1 unspecified atom stereocenters. The standard InChI is InChI=1S/C35H32N10/c1-23-20-43(21-24(2)44(23)32-16-18-38-31(19-36)42-32)22-25-10-12-27(13-11-25)45-34(28-9-6-17-39-33(28)37)41-30-15-14-29(40-35(30)45)26-7-4-3-5-8-26/h3-18,23-24H,20-22H2,1-2H3,(H2,37,39)/t23-,24?/m1/s1. The molecule has 6 aromatic rings. The number of nitrogens with two attached hydrogens (primary N) is 1. The summed E-state index contributed by atoms with van der Waals surface area (Å²) in [6, 6.07) is 30.9. The predicted octanol–water partition coefficient (Wildman–Crippen LogP) is 5.49. The van der Waals surface area contributed by atoms with Crippen molar-refractivity contribution < 1.29 is 0 Å². The Balaban J connectivity index is 1.19. The minimum Gasteiger partial charge on any atom is -0.383 e. The molecule has 0 radical (unpaired) electrons. The lowest BCUT2D eigenvalue weighted by molar-refractivity contribution is 0.191. The minimum atomic E-state index is 0.195. The molecule has 1 fully saturated rings. The maximum absolute atomic E-state index is 9.26. The van der Waals surface area contributed by atoms with Gasteiger partial charge in [-0.2, -0.15) is 5.26 Å². The first-order chi connectivity index (χ1) is 22.0. The van der Waals surface area contributed by atoms with Crippen LogP contribution in [0.15, 0.2) is 97.3 Å². The fraction of sp³-hybridized carbons (Fsp3) is 0.200. The second-order valence-corrected chi connectivity index (χ2v) is 11.4. The quantitative estimate of drug-likeness (QED) is 0.267. The number of pyridine rings is 2. The number of nitrogens with zero attached hydrogens (tertiary/aromatic N) is 9. The Morgan fingerprint density at radius 2 is 1.60 bits per heavy atom. The molecule has 0 saturated carbocycles. The number of nitrogen functional groups attached to an aromatic ring is 1. The monoisotopic (exact) mass is 592 g/mol. The van der Waals surface area contributed by atoms with Crippen LogP contribution in [-0.4, -0.2) is 59.6 Å². The lowest BCUT2D eigenvalue weighted by atomic mass is 10.1. The summed E-state index contributed by atoms with van der Waals surface area (Å²) in [4.78, 5) is 27.6. The summed E-state index contributed by atoms with van der Waals surface area (Å²) in [6.45, 7) is 6.97. The highest BCUT2D eigenvalue weighted by molar-refractivity contribution is 5.84. The maximum Gasteiger partial charge on any atom is 0.234 e. The number of piperazine rings is 1. The highest BCUT2D eigenvalue weighted by atomic mass is 15.3. The summed E-state index contributed by atoms with van der Waals surface area (Å²) in [5.41, 5.74) is 12.7. The number of fused-ring (bicyclic) bond motifs is 1. The molecule has 1 aliphatic heterocycles. The fourth-order valence-electron chi connectivity index (χ4n) is 6.33. The van der Waals surface area contributed by atoms with Gasteiger partial charge in [-0.1, -0.05) is 42.5 Å². The summed E-state index contributed by atoms with van der Waals surface area (Å²) in [5, 5.41) is 9.26. The van der Waals surface area contributed by atoms with E-state index < -0.39 is 0 Å². The van der Waals surface area contributed by atoms with Crippen molar-refractivity contribution in [1.82, 2.24) is 34.4 Å². The SMILES string of the molecule is CC1CN(Cc2ccc(-n3c(-c4cccnc4N)nc4ccc(-c5ccccc5)nc43)cc2)C[C@@H](C)N1c1ccnc(C#N)n1. The van der Waals surface area contributed by atoms with Crippen molar-refractivity contribution in [3.05, 3.63) is 109 Å². The minimum absolute atomic E-state index is 0.195. The van der Waals surface area contributed by atoms with E-state index in [0.29, 0.717) is 11.6 Å². The van der Waals surface area contributed by atoms with Gasteiger partial charge in [-0.3, -0.25) is 9.47 Å². The fourth-order valence-corrected chi connectivity index (χ4v) is 6.33. The highest BCUT2D eigenvalue weighted by Gasteiger charge is 2.30. The molecule has 1 aliphatic rings. The van der Waals surface area contributed by atoms with E-state index >= 15 is 0 Å². The molecule has 0 bridgehead atoms. The number of hydrogen-bond donors (Lipinski definition) is 1. The van der Waals surface area contributed by atoms with Gasteiger partial charge >= 0.3 is 0 Å². The Morgan fingerprint density at radius 3 is 2.33 bits per heavy atom. The third-order valence-electron chi connectivity index (χ3n) is 8.25. The Hall–Kier alpha value is -5.66. The van der Waals surface area contributed by atoms with Crippen LogP contribution in [-0.2, 0) is 6.54 Å². The normalized spacial score (nSPS) is 17.0. The molecule has 0 aliphatic carbocycles. The zero-order chi connectivity index (χ0) is 30.9. The van der Waals surface area contributed by atoms with Gasteiger partial charge in [0, 0.05) is 55.4 Å². The first kappa shape index (κ1) is 28.1. The van der Waals surface area contributed by atoms with Crippen LogP contribution in [0.2, 0.25) is 0 Å². The van der Waals surface area contributed by atoms with Crippen LogP contribution in [0.5, 0.6) is 0 Å². The van der Waals surface area contributed by atoms with Crippen LogP contribution in [0.25, 0.3) is 39.5 Å². The van der Waals surface area contributed by atoms with Crippen molar-refractivity contribution in [2.24, 2.45) is 0 Å². The lowest BCUT2D eigenvalue weighted by Gasteiger charge is -2.45. The van der Waals surface area contributed by atoms with E-state index in [2.05, 4.69) is 79.6 Å². The van der Waals surface area contributed by atoms with E-state index in [1.807, 2.05) is 54.6 Å². The number of nitriles is 1. The molecule has 222 valence electrons. The van der Waals surface area contributed by atoms with Gasteiger partial charge in [-0.25, -0.2) is 24.9 Å². The Labute approximate surface area is 261 Å². The Kier molecular flexibility index (Phi) is 7.37. The van der Waals surface area contributed by atoms with E-state index in [1.165, 1.54) is 5.56 Å². The number of hydrogen-bond acceptors (Lipinski definition) is 9. The molecule has 2 atom stereocenters. The topological polar surface area (TPSA) is 126 Å². The summed E-state index contributed by atoms with van der Waals surface area (Å²) in [7, 11) is 0. The Bertz CT molecular complexity index is 2000. The van der Waals surface area contributed by atoms with Crippen molar-refractivity contribution in [1.29, 1.82) is 5.26 Å². The van der Waals surface area contributed by atoms with E-state index in [-0.39, 0.29) is 17.9 Å². The second-order valence-electron chi connectivity index (χ2n) is 11.4. The highest BCUT2D eigenvalue weighted by Crippen LogP contribution is 2.32. The van der Waals surface area contributed by atoms with Crippen molar-refractivity contribution in [2.45, 2.75) is 32.5 Å². The van der Waals surface area contributed by atoms with E-state index in [4.69, 9.17) is 15.7 Å². The molecule has 7 rings (SSSR count). The molecule has 4 aromatic heterocycles. The van der Waals surface area contributed by atoms with Gasteiger partial charge < -0.3 is 10.6 Å². The van der Waals surface area contributed by atoms with Gasteiger partial charge in [0.25, 0.3) is 0 Å². The molecule has 5 heterocycles. The van der Waals surface area contributed by atoms with Crippen molar-refractivity contribution in [3.8, 4) is 34.4 Å². The molecule has 45 heavy (non-hydrogen) atoms. The molecule has 2 N–H and O–H groups in total. The van der Waals surface area contributed by atoms with E-state index in [0.717, 1.165) is 59.1 Å². The van der Waals surface area contributed by atoms with Gasteiger partial charge in [-0.15, -0.1) is 0 Å². The van der Waals surface area contributed by atoms with Crippen LogP contribution in [0.4, 0.5) is 11.6 Å². The summed E-state index contributed by atoms with van der Waals surface area (Å²) in [5.74, 6) is 2.11. The molecule has 10 nitrogen and oxygen atoms in total. The van der Waals surface area contributed by atoms with Crippen molar-refractivity contribution in [2.75, 3.05) is 23.7 Å². The second kappa shape index (κ2) is 11.8. The first-order valence-corrected chi connectivity index (χ1v) is 15.0. The largest absolute Gasteiger partial charge is 0.383 e. The van der Waals surface area contributed by atoms with E-state index in [1.54, 1.807) is 12.4 Å². The Morgan fingerprint density at radius 1 is 0.822 bits per heavy atom. The third-order valence-corrected chi connectivity index (χ3v) is 8.25. The van der Waals surface area contributed by atoms with Crippen LogP contribution < -0.4 is 10.6 Å². The maximum atomic E-state index is 9.26. The van der Waals surface area contributed by atoms with Crippen LogP contribution >= 0.6 is 0 Å². The zero-order valence-electron chi connectivity index (χ0n) is 25.1. The van der Waals surface area contributed by atoms with E-state index in [9.17, 15) is 5.26 Å².